The molecule has 9 heteroatoms. The van der Waals surface area contributed by atoms with Crippen molar-refractivity contribution in [2.45, 2.75) is 0 Å². The first-order chi connectivity index (χ1) is 12.6. The highest BCUT2D eigenvalue weighted by Gasteiger charge is 2.11. The van der Waals surface area contributed by atoms with Gasteiger partial charge in [-0.05, 0) is 17.7 Å². The van der Waals surface area contributed by atoms with E-state index in [1.807, 2.05) is 0 Å². The van der Waals surface area contributed by atoms with Crippen LogP contribution >= 0.6 is 11.6 Å². The molecule has 0 saturated heterocycles. The molecule has 0 aliphatic heterocycles. The van der Waals surface area contributed by atoms with Crippen molar-refractivity contribution in [3.05, 3.63) is 28.8 Å². The molecule has 1 aromatic rings. The van der Waals surface area contributed by atoms with E-state index in [-0.39, 0.29) is 13.6 Å². The van der Waals surface area contributed by atoms with Gasteiger partial charge in [-0.25, -0.2) is 4.79 Å². The van der Waals surface area contributed by atoms with Gasteiger partial charge in [0, 0.05) is 26.4 Å². The van der Waals surface area contributed by atoms with E-state index < -0.39 is 5.97 Å². The third kappa shape index (κ3) is 9.02. The third-order valence-electron chi connectivity index (χ3n) is 2.93. The highest BCUT2D eigenvalue weighted by Crippen LogP contribution is 2.34. The summed E-state index contributed by atoms with van der Waals surface area (Å²) in [4.78, 5) is 10.7. The second-order valence-corrected chi connectivity index (χ2v) is 5.23. The molecule has 0 spiro atoms. The lowest BCUT2D eigenvalue weighted by Crippen LogP contribution is -2.11. The fourth-order valence-electron chi connectivity index (χ4n) is 1.68. The Morgan fingerprint density at radius 1 is 1.00 bits per heavy atom. The van der Waals surface area contributed by atoms with E-state index in [2.05, 4.69) is 0 Å². The Kier molecular flexibility index (Phi) is 11.4. The van der Waals surface area contributed by atoms with Gasteiger partial charge in [-0.1, -0.05) is 11.6 Å². The number of carboxylic acid groups (broad SMARTS) is 1. The van der Waals surface area contributed by atoms with E-state index >= 15 is 0 Å². The summed E-state index contributed by atoms with van der Waals surface area (Å²) in [5.74, 6) is -0.402. The molecule has 0 bridgehead atoms. The van der Waals surface area contributed by atoms with Gasteiger partial charge in [-0.15, -0.1) is 0 Å². The van der Waals surface area contributed by atoms with Crippen LogP contribution in [-0.2, 0) is 23.7 Å². The van der Waals surface area contributed by atoms with E-state index in [9.17, 15) is 4.79 Å². The number of hydrogen-bond donors (Lipinski definition) is 1. The van der Waals surface area contributed by atoms with Crippen LogP contribution in [0.5, 0.6) is 11.5 Å². The van der Waals surface area contributed by atoms with Crippen molar-refractivity contribution in [3.8, 4) is 11.5 Å². The molecule has 0 aromatic heterocycles. The van der Waals surface area contributed by atoms with Crippen LogP contribution in [0.25, 0.3) is 6.08 Å². The van der Waals surface area contributed by atoms with Crippen LogP contribution in [0.2, 0.25) is 5.02 Å². The van der Waals surface area contributed by atoms with Crippen LogP contribution < -0.4 is 9.47 Å². The topological polar surface area (TPSA) is 92.7 Å². The van der Waals surface area contributed by atoms with E-state index in [0.717, 1.165) is 6.08 Å². The van der Waals surface area contributed by atoms with Gasteiger partial charge in [0.15, 0.2) is 25.1 Å². The molecule has 1 N–H and O–H groups in total. The van der Waals surface area contributed by atoms with Gasteiger partial charge < -0.3 is 33.5 Å². The molecular weight excluding hydrogens is 368 g/mol. The molecule has 26 heavy (non-hydrogen) atoms. The Balaban J connectivity index is 2.79. The molecule has 8 nitrogen and oxygen atoms in total. The summed E-state index contributed by atoms with van der Waals surface area (Å²) in [6, 6.07) is 3.08. The zero-order valence-electron chi connectivity index (χ0n) is 14.7. The first-order valence-electron chi connectivity index (χ1n) is 7.72. The van der Waals surface area contributed by atoms with E-state index in [1.165, 1.54) is 12.1 Å². The van der Waals surface area contributed by atoms with Gasteiger partial charge in [-0.3, -0.25) is 0 Å². The largest absolute Gasteiger partial charge is 0.478 e. The van der Waals surface area contributed by atoms with Gasteiger partial charge in [-0.2, -0.15) is 0 Å². The molecule has 0 atom stereocenters. The summed E-state index contributed by atoms with van der Waals surface area (Å²) in [6.07, 6.45) is 2.34. The summed E-state index contributed by atoms with van der Waals surface area (Å²) in [5.41, 5.74) is 0.466. The van der Waals surface area contributed by atoms with Crippen LogP contribution in [0.15, 0.2) is 18.2 Å². The van der Waals surface area contributed by atoms with Crippen LogP contribution in [0.4, 0.5) is 0 Å². The number of carboxylic acids is 1. The van der Waals surface area contributed by atoms with Crippen molar-refractivity contribution in [1.82, 2.24) is 0 Å². The molecule has 0 heterocycles. The normalized spacial score (nSPS) is 11.0. The van der Waals surface area contributed by atoms with Crippen molar-refractivity contribution in [2.24, 2.45) is 0 Å². The van der Waals surface area contributed by atoms with E-state index in [0.29, 0.717) is 48.5 Å². The first-order valence-corrected chi connectivity index (χ1v) is 8.09. The zero-order valence-corrected chi connectivity index (χ0v) is 15.5. The summed E-state index contributed by atoms with van der Waals surface area (Å²) in [5, 5.41) is 9.06. The average Bonchev–Trinajstić information content (AvgIpc) is 2.61. The Morgan fingerprint density at radius 3 is 2.04 bits per heavy atom. The summed E-state index contributed by atoms with van der Waals surface area (Å²) >= 11 is 6.16. The molecular formula is C17H23ClO8. The van der Waals surface area contributed by atoms with Crippen molar-refractivity contribution in [1.29, 1.82) is 0 Å². The molecule has 1 aromatic carbocycles. The van der Waals surface area contributed by atoms with Gasteiger partial charge >= 0.3 is 5.97 Å². The van der Waals surface area contributed by atoms with E-state index in [1.54, 1.807) is 20.3 Å². The maximum atomic E-state index is 10.7. The van der Waals surface area contributed by atoms with E-state index in [4.69, 9.17) is 45.1 Å². The molecule has 0 fully saturated rings. The number of rotatable bonds is 14. The number of halogens is 1. The number of benzene rings is 1. The maximum Gasteiger partial charge on any atom is 0.328 e. The highest BCUT2D eigenvalue weighted by molar-refractivity contribution is 6.32. The SMILES string of the molecule is COCCOCOc1cc(Cl)c(C=CC(=O)O)cc1OCOCCOC. The Bertz CT molecular complexity index is 576. The molecule has 0 saturated carbocycles. The molecule has 0 aliphatic rings. The molecule has 0 aliphatic carbocycles. The summed E-state index contributed by atoms with van der Waals surface area (Å²) in [7, 11) is 3.14. The number of ether oxygens (including phenoxy) is 6. The minimum Gasteiger partial charge on any atom is -0.478 e. The quantitative estimate of drug-likeness (QED) is 0.294. The van der Waals surface area contributed by atoms with Gasteiger partial charge in [0.2, 0.25) is 0 Å². The lowest BCUT2D eigenvalue weighted by molar-refractivity contribution is -0.131. The van der Waals surface area contributed by atoms with Gasteiger partial charge in [0.25, 0.3) is 0 Å². The third-order valence-corrected chi connectivity index (χ3v) is 3.25. The lowest BCUT2D eigenvalue weighted by atomic mass is 10.2. The Morgan fingerprint density at radius 2 is 1.54 bits per heavy atom. The molecule has 1 rings (SSSR count). The number of hydrogen-bond acceptors (Lipinski definition) is 7. The fraction of sp³-hybridized carbons (Fsp3) is 0.471. The van der Waals surface area contributed by atoms with Crippen molar-refractivity contribution >= 4 is 23.6 Å². The van der Waals surface area contributed by atoms with Crippen molar-refractivity contribution in [3.63, 3.8) is 0 Å². The fourth-order valence-corrected chi connectivity index (χ4v) is 1.89. The van der Waals surface area contributed by atoms with Crippen molar-refractivity contribution < 1.29 is 38.3 Å². The van der Waals surface area contributed by atoms with Crippen LogP contribution in [-0.4, -0.2) is 65.3 Å². The first kappa shape index (κ1) is 22.2. The highest BCUT2D eigenvalue weighted by atomic mass is 35.5. The predicted molar refractivity (Wildman–Crippen MR) is 94.8 cm³/mol. The number of aliphatic carboxylic acids is 1. The van der Waals surface area contributed by atoms with Crippen molar-refractivity contribution in [2.75, 3.05) is 54.2 Å². The van der Waals surface area contributed by atoms with Gasteiger partial charge in [0.1, 0.15) is 0 Å². The second-order valence-electron chi connectivity index (χ2n) is 4.82. The smallest absolute Gasteiger partial charge is 0.328 e. The minimum atomic E-state index is -1.08. The Hall–Kier alpha value is -1.84. The number of carbonyl (C=O) groups is 1. The summed E-state index contributed by atoms with van der Waals surface area (Å²) in [6.45, 7) is 1.57. The molecule has 0 radical (unpaired) electrons. The second kappa shape index (κ2) is 13.4. The standard InChI is InChI=1S/C17H23ClO8/c1-21-5-7-23-11-25-15-9-13(3-4-17(19)20)14(18)10-16(15)26-12-24-8-6-22-2/h3-4,9-10H,5-8,11-12H2,1-2H3,(H,19,20). The monoisotopic (exact) mass is 390 g/mol. The summed E-state index contributed by atoms with van der Waals surface area (Å²) < 4.78 is 31.3. The van der Waals surface area contributed by atoms with Crippen LogP contribution in [0.3, 0.4) is 0 Å². The molecule has 146 valence electrons. The zero-order chi connectivity index (χ0) is 19.2. The average molecular weight is 391 g/mol. The number of methoxy groups -OCH3 is 2. The van der Waals surface area contributed by atoms with Crippen LogP contribution in [0, 0.1) is 0 Å². The minimum absolute atomic E-state index is 0.0229. The van der Waals surface area contributed by atoms with Crippen LogP contribution in [0.1, 0.15) is 5.56 Å². The predicted octanol–water partition coefficient (Wildman–Crippen LogP) is 2.44. The molecule has 0 unspecified atom stereocenters. The lowest BCUT2D eigenvalue weighted by Gasteiger charge is -2.15. The Labute approximate surface area is 157 Å². The molecule has 0 amide bonds. The van der Waals surface area contributed by atoms with Gasteiger partial charge in [0.05, 0.1) is 31.5 Å². The maximum absolute atomic E-state index is 10.7.